The minimum atomic E-state index is 1.10. The molecule has 3 nitrogen and oxygen atoms in total. The van der Waals surface area contributed by atoms with Crippen LogP contribution >= 0.6 is 0 Å². The van der Waals surface area contributed by atoms with Gasteiger partial charge in [0.2, 0.25) is 0 Å². The normalized spacial score (nSPS) is 21.1. The maximum absolute atomic E-state index is 3.42. The maximum atomic E-state index is 3.42. The van der Waals surface area contributed by atoms with Crippen molar-refractivity contribution in [3.05, 3.63) is 35.7 Å². The van der Waals surface area contributed by atoms with Crippen LogP contribution in [0.5, 0.6) is 0 Å². The fourth-order valence-electron chi connectivity index (χ4n) is 3.29. The van der Waals surface area contributed by atoms with Crippen molar-refractivity contribution in [1.82, 2.24) is 10.2 Å². The second kappa shape index (κ2) is 6.59. The molecule has 1 aromatic rings. The van der Waals surface area contributed by atoms with Crippen LogP contribution in [0.2, 0.25) is 0 Å². The van der Waals surface area contributed by atoms with Gasteiger partial charge >= 0.3 is 0 Å². The van der Waals surface area contributed by atoms with Crippen LogP contribution in [0.4, 0.5) is 5.69 Å². The predicted octanol–water partition coefficient (Wildman–Crippen LogP) is 2.20. The number of nitrogens with one attached hydrogen (secondary N) is 1. The third-order valence-corrected chi connectivity index (χ3v) is 4.57. The van der Waals surface area contributed by atoms with Crippen LogP contribution in [0.1, 0.15) is 24.0 Å². The molecular weight excluding hydrogens is 246 g/mol. The predicted molar refractivity (Wildman–Crippen MR) is 85.1 cm³/mol. The Hall–Kier alpha value is -1.06. The molecule has 2 aliphatic rings. The van der Waals surface area contributed by atoms with Crippen LogP contribution < -0.4 is 10.2 Å². The van der Waals surface area contributed by atoms with Gasteiger partial charge in [-0.05, 0) is 43.4 Å². The van der Waals surface area contributed by atoms with Crippen molar-refractivity contribution in [2.24, 2.45) is 0 Å². The molecular formula is C17H26N3. The van der Waals surface area contributed by atoms with Gasteiger partial charge in [-0.1, -0.05) is 12.1 Å². The van der Waals surface area contributed by atoms with E-state index in [2.05, 4.69) is 46.7 Å². The molecule has 3 heteroatoms. The number of hydrogen-bond acceptors (Lipinski definition) is 3. The van der Waals surface area contributed by atoms with E-state index < -0.39 is 0 Å². The molecule has 0 amide bonds. The molecule has 0 bridgehead atoms. The van der Waals surface area contributed by atoms with E-state index in [0.29, 0.717) is 0 Å². The first-order valence-corrected chi connectivity index (χ1v) is 7.93. The van der Waals surface area contributed by atoms with Crippen LogP contribution in [-0.4, -0.2) is 44.2 Å². The third-order valence-electron chi connectivity index (χ3n) is 4.57. The average Bonchev–Trinajstić information content (AvgIpc) is 2.51. The van der Waals surface area contributed by atoms with Gasteiger partial charge in [0.1, 0.15) is 0 Å². The minimum absolute atomic E-state index is 1.10. The van der Waals surface area contributed by atoms with Crippen molar-refractivity contribution in [1.29, 1.82) is 0 Å². The Kier molecular flexibility index (Phi) is 4.58. The second-order valence-electron chi connectivity index (χ2n) is 5.94. The average molecular weight is 272 g/mol. The SMILES string of the molecule is Cc1c(CN2CCNCC2)cccc1N1CC[CH]CC1. The number of rotatable bonds is 3. The molecule has 0 spiro atoms. The lowest BCUT2D eigenvalue weighted by Gasteiger charge is -2.32. The molecule has 0 saturated carbocycles. The molecule has 109 valence electrons. The van der Waals surface area contributed by atoms with Gasteiger partial charge < -0.3 is 10.2 Å². The van der Waals surface area contributed by atoms with Crippen molar-refractivity contribution in [2.45, 2.75) is 26.3 Å². The highest BCUT2D eigenvalue weighted by Crippen LogP contribution is 2.26. The first-order chi connectivity index (χ1) is 9.84. The summed E-state index contributed by atoms with van der Waals surface area (Å²) in [6.07, 6.45) is 4.86. The summed E-state index contributed by atoms with van der Waals surface area (Å²) in [5, 5.41) is 3.42. The molecule has 1 radical (unpaired) electrons. The zero-order valence-corrected chi connectivity index (χ0v) is 12.6. The Labute approximate surface area is 123 Å². The van der Waals surface area contributed by atoms with E-state index >= 15 is 0 Å². The van der Waals surface area contributed by atoms with Crippen molar-refractivity contribution in [3.63, 3.8) is 0 Å². The number of piperazine rings is 1. The lowest BCUT2D eigenvalue weighted by atomic mass is 10.0. The number of nitrogens with zero attached hydrogens (tertiary/aromatic N) is 2. The summed E-state index contributed by atoms with van der Waals surface area (Å²) in [5.74, 6) is 0. The molecule has 0 atom stereocenters. The van der Waals surface area contributed by atoms with Crippen LogP contribution in [0, 0.1) is 13.3 Å². The molecule has 0 unspecified atom stereocenters. The van der Waals surface area contributed by atoms with Gasteiger partial charge in [0, 0.05) is 51.5 Å². The zero-order valence-electron chi connectivity index (χ0n) is 12.6. The van der Waals surface area contributed by atoms with Crippen LogP contribution in [0.3, 0.4) is 0 Å². The quantitative estimate of drug-likeness (QED) is 0.910. The number of hydrogen-bond donors (Lipinski definition) is 1. The highest BCUT2D eigenvalue weighted by atomic mass is 15.2. The topological polar surface area (TPSA) is 18.5 Å². The van der Waals surface area contributed by atoms with Gasteiger partial charge in [0.15, 0.2) is 0 Å². The van der Waals surface area contributed by atoms with Crippen LogP contribution in [0.15, 0.2) is 18.2 Å². The molecule has 0 aromatic heterocycles. The highest BCUT2D eigenvalue weighted by molar-refractivity contribution is 5.56. The maximum Gasteiger partial charge on any atom is 0.0399 e. The van der Waals surface area contributed by atoms with E-state index in [-0.39, 0.29) is 0 Å². The Morgan fingerprint density at radius 2 is 1.80 bits per heavy atom. The fraction of sp³-hybridized carbons (Fsp3) is 0.588. The number of anilines is 1. The molecule has 2 heterocycles. The summed E-state index contributed by atoms with van der Waals surface area (Å²) in [6, 6.07) is 6.83. The van der Waals surface area contributed by atoms with Gasteiger partial charge in [-0.2, -0.15) is 0 Å². The van der Waals surface area contributed by atoms with Crippen LogP contribution in [-0.2, 0) is 6.54 Å². The summed E-state index contributed by atoms with van der Waals surface area (Å²) in [5.41, 5.74) is 4.43. The highest BCUT2D eigenvalue weighted by Gasteiger charge is 2.16. The largest absolute Gasteiger partial charge is 0.371 e. The lowest BCUT2D eigenvalue weighted by molar-refractivity contribution is 0.233. The Morgan fingerprint density at radius 3 is 2.55 bits per heavy atom. The molecule has 0 aliphatic carbocycles. The molecule has 2 fully saturated rings. The fourth-order valence-corrected chi connectivity index (χ4v) is 3.29. The van der Waals surface area contributed by atoms with E-state index in [1.165, 1.54) is 55.8 Å². The summed E-state index contributed by atoms with van der Waals surface area (Å²) in [4.78, 5) is 5.11. The minimum Gasteiger partial charge on any atom is -0.371 e. The molecule has 2 saturated heterocycles. The molecule has 3 rings (SSSR count). The number of benzene rings is 1. The molecule has 20 heavy (non-hydrogen) atoms. The monoisotopic (exact) mass is 272 g/mol. The third kappa shape index (κ3) is 3.15. The summed E-state index contributed by atoms with van der Waals surface area (Å²) >= 11 is 0. The van der Waals surface area contributed by atoms with Crippen molar-refractivity contribution in [3.8, 4) is 0 Å². The standard InChI is InChI=1S/C17H26N3/c1-15-16(14-19-12-8-18-9-13-19)6-5-7-17(15)20-10-3-2-4-11-20/h2,5-7,18H,3-4,8-14H2,1H3. The van der Waals surface area contributed by atoms with Gasteiger partial charge in [0.05, 0.1) is 0 Å². The Morgan fingerprint density at radius 1 is 1.05 bits per heavy atom. The van der Waals surface area contributed by atoms with Crippen molar-refractivity contribution in [2.75, 3.05) is 44.2 Å². The van der Waals surface area contributed by atoms with Crippen molar-refractivity contribution >= 4 is 5.69 Å². The van der Waals surface area contributed by atoms with E-state index in [4.69, 9.17) is 0 Å². The van der Waals surface area contributed by atoms with Gasteiger partial charge in [-0.15, -0.1) is 0 Å². The summed E-state index contributed by atoms with van der Waals surface area (Å²) in [6.45, 7) is 10.3. The summed E-state index contributed by atoms with van der Waals surface area (Å²) < 4.78 is 0. The lowest BCUT2D eigenvalue weighted by Crippen LogP contribution is -2.43. The Balaban J connectivity index is 1.74. The van der Waals surface area contributed by atoms with Crippen molar-refractivity contribution < 1.29 is 0 Å². The molecule has 1 aromatic carbocycles. The summed E-state index contributed by atoms with van der Waals surface area (Å²) in [7, 11) is 0. The second-order valence-corrected chi connectivity index (χ2v) is 5.94. The first kappa shape index (κ1) is 13.9. The van der Waals surface area contributed by atoms with E-state index in [1.54, 1.807) is 0 Å². The van der Waals surface area contributed by atoms with E-state index in [0.717, 1.165) is 19.6 Å². The van der Waals surface area contributed by atoms with Gasteiger partial charge in [0.25, 0.3) is 0 Å². The molecule has 1 N–H and O–H groups in total. The van der Waals surface area contributed by atoms with Gasteiger partial charge in [-0.25, -0.2) is 0 Å². The van der Waals surface area contributed by atoms with Gasteiger partial charge in [-0.3, -0.25) is 4.90 Å². The molecule has 2 aliphatic heterocycles. The smallest absolute Gasteiger partial charge is 0.0399 e. The Bertz CT molecular complexity index is 432. The number of piperidine rings is 1. The first-order valence-electron chi connectivity index (χ1n) is 7.93. The van der Waals surface area contributed by atoms with E-state index in [1.807, 2.05) is 0 Å². The van der Waals surface area contributed by atoms with Crippen LogP contribution in [0.25, 0.3) is 0 Å². The van der Waals surface area contributed by atoms with E-state index in [9.17, 15) is 0 Å². The zero-order chi connectivity index (χ0) is 13.8.